The average Bonchev–Trinajstić information content (AvgIpc) is 1.32. The van der Waals surface area contributed by atoms with Gasteiger partial charge >= 0.3 is 0 Å². The molecule has 0 unspecified atom stereocenters. The fraction of sp³-hybridized carbons (Fsp3) is 0.0319. The molecule has 3 N–H and O–H groups in total. The summed E-state index contributed by atoms with van der Waals surface area (Å²) < 4.78 is 4.71. The average molecular weight is 1280 g/mol. The van der Waals surface area contributed by atoms with Crippen LogP contribution in [0.1, 0.15) is 35.4 Å². The highest BCUT2D eigenvalue weighted by molar-refractivity contribution is 6.21. The van der Waals surface area contributed by atoms with Gasteiger partial charge in [0.25, 0.3) is 0 Å². The molecular formula is C94H68N6. The Hall–Kier alpha value is -12.9. The first-order valence-corrected chi connectivity index (χ1v) is 34.2. The van der Waals surface area contributed by atoms with E-state index in [-0.39, 0.29) is 12.1 Å². The van der Waals surface area contributed by atoms with Crippen molar-refractivity contribution >= 4 is 54.4 Å². The van der Waals surface area contributed by atoms with Gasteiger partial charge in [0.05, 0.1) is 33.5 Å². The first kappa shape index (κ1) is 60.8. The van der Waals surface area contributed by atoms with Crippen molar-refractivity contribution in [3.05, 3.63) is 380 Å². The van der Waals surface area contributed by atoms with E-state index in [1.54, 1.807) is 0 Å². The van der Waals surface area contributed by atoms with Gasteiger partial charge in [0, 0.05) is 51.2 Å². The van der Waals surface area contributed by atoms with Gasteiger partial charge in [-0.15, -0.1) is 0 Å². The number of nitrogens with zero attached hydrogens (tertiary/aromatic N) is 5. The van der Waals surface area contributed by atoms with E-state index in [0.717, 1.165) is 62.7 Å². The lowest BCUT2D eigenvalue weighted by Crippen LogP contribution is -2.04. The maximum absolute atomic E-state index is 5.35. The van der Waals surface area contributed by atoms with E-state index < -0.39 is 0 Å². The van der Waals surface area contributed by atoms with Crippen LogP contribution < -0.4 is 6.15 Å². The number of benzene rings is 15. The van der Waals surface area contributed by atoms with Gasteiger partial charge in [-0.2, -0.15) is 0 Å². The van der Waals surface area contributed by atoms with Crippen molar-refractivity contribution in [2.75, 3.05) is 0 Å². The SMILES string of the molecule is CCc1nc2ccccc2n1-c1ccc(-c2c3ccccc3c(-c3ccc(-c4ccccc4)cc3)c3ccccc23)cc1.N.c1ccc(-c2ccc(-c3cc(-c4cc(C5c6ccccc6-c6ccccc65)cc(-n5c6ccccc6c6ccccc65)c4)nc(-c4ccccc4)n3)cc2)cc1. The Morgan fingerprint density at radius 3 is 1.18 bits per heavy atom. The lowest BCUT2D eigenvalue weighted by Gasteiger charge is -2.19. The van der Waals surface area contributed by atoms with Gasteiger partial charge in [0.1, 0.15) is 5.82 Å². The monoisotopic (exact) mass is 1280 g/mol. The zero-order chi connectivity index (χ0) is 65.8. The van der Waals surface area contributed by atoms with Crippen LogP contribution in [0.15, 0.2) is 358 Å². The maximum Gasteiger partial charge on any atom is 0.160 e. The summed E-state index contributed by atoms with van der Waals surface area (Å²) in [5.41, 5.74) is 27.9. The molecule has 15 aromatic carbocycles. The van der Waals surface area contributed by atoms with Crippen LogP contribution in [-0.2, 0) is 6.42 Å². The summed E-state index contributed by atoms with van der Waals surface area (Å²) in [5, 5.41) is 7.53. The summed E-state index contributed by atoms with van der Waals surface area (Å²) in [6, 6.07) is 129. The van der Waals surface area contributed by atoms with E-state index in [0.29, 0.717) is 5.82 Å². The number of aryl methyl sites for hydroxylation is 1. The van der Waals surface area contributed by atoms with Crippen LogP contribution in [0.5, 0.6) is 0 Å². The standard InChI is InChI=1S/C53H35N3.C41H30N2.H3N/c1-3-15-35(16-4-1)36-27-29-37(30-28-36)48-34-49(55-53(54-48)38-17-5-2-6-18-38)39-31-40(52-46-23-9-7-19-42(46)43-20-8-10-24-47(43)52)33-41(32-39)56-50-25-13-11-21-44(50)45-22-12-14-26-51(45)56;1-2-39-42-37-18-10-11-19-38(37)43(39)32-26-24-31(25-27-32)41-35-16-8-6-14-33(35)40(34-15-7-9-17-36(34)41)30-22-20-29(21-23-30)28-12-4-3-5-13-28;/h1-34,52H;3-27H,2H2,1H3;1H3. The Kier molecular flexibility index (Phi) is 15.8. The molecule has 474 valence electrons. The summed E-state index contributed by atoms with van der Waals surface area (Å²) in [6.07, 6.45) is 0.875. The predicted molar refractivity (Wildman–Crippen MR) is 418 cm³/mol. The van der Waals surface area contributed by atoms with Crippen LogP contribution in [0.2, 0.25) is 0 Å². The molecule has 0 saturated carbocycles. The summed E-state index contributed by atoms with van der Waals surface area (Å²) in [6.45, 7) is 2.17. The third-order valence-electron chi connectivity index (χ3n) is 19.9. The van der Waals surface area contributed by atoms with Crippen molar-refractivity contribution in [1.82, 2.24) is 30.2 Å². The van der Waals surface area contributed by atoms with Crippen LogP contribution in [0.25, 0.3) is 155 Å². The van der Waals surface area contributed by atoms with E-state index in [2.05, 4.69) is 368 Å². The van der Waals surface area contributed by atoms with E-state index in [1.165, 1.54) is 116 Å². The van der Waals surface area contributed by atoms with Gasteiger partial charge in [0.2, 0.25) is 0 Å². The molecule has 100 heavy (non-hydrogen) atoms. The summed E-state index contributed by atoms with van der Waals surface area (Å²) in [5.74, 6) is 1.84. The van der Waals surface area contributed by atoms with Crippen molar-refractivity contribution in [3.63, 3.8) is 0 Å². The Bertz CT molecular complexity index is 5900. The summed E-state index contributed by atoms with van der Waals surface area (Å²) >= 11 is 0. The summed E-state index contributed by atoms with van der Waals surface area (Å²) in [4.78, 5) is 15.4. The molecule has 0 atom stereocenters. The van der Waals surface area contributed by atoms with Crippen LogP contribution in [0.3, 0.4) is 0 Å². The molecule has 0 fully saturated rings. The van der Waals surface area contributed by atoms with Crippen LogP contribution in [-0.4, -0.2) is 24.1 Å². The molecule has 1 aliphatic rings. The van der Waals surface area contributed by atoms with Crippen LogP contribution in [0.4, 0.5) is 0 Å². The van der Waals surface area contributed by atoms with Gasteiger partial charge in [-0.1, -0.05) is 304 Å². The Morgan fingerprint density at radius 2 is 0.670 bits per heavy atom. The van der Waals surface area contributed by atoms with Crippen LogP contribution in [0, 0.1) is 0 Å². The lowest BCUT2D eigenvalue weighted by molar-refractivity contribution is 0.908. The van der Waals surface area contributed by atoms with Crippen molar-refractivity contribution in [2.24, 2.45) is 0 Å². The summed E-state index contributed by atoms with van der Waals surface area (Å²) in [7, 11) is 0. The Balaban J connectivity index is 0.000000153. The molecule has 3 heterocycles. The molecule has 1 aliphatic carbocycles. The molecule has 6 nitrogen and oxygen atoms in total. The normalized spacial score (nSPS) is 11.8. The Morgan fingerprint density at radius 1 is 0.280 bits per heavy atom. The number of hydrogen-bond donors (Lipinski definition) is 1. The quantitative estimate of drug-likeness (QED) is 0.131. The second kappa shape index (κ2) is 25.9. The fourth-order valence-corrected chi connectivity index (χ4v) is 15.3. The first-order chi connectivity index (χ1) is 49.1. The molecule has 0 bridgehead atoms. The van der Waals surface area contributed by atoms with Crippen molar-refractivity contribution in [3.8, 4) is 101 Å². The molecule has 6 heteroatoms. The molecule has 18 aromatic rings. The van der Waals surface area contributed by atoms with E-state index in [1.807, 2.05) is 6.07 Å². The minimum atomic E-state index is 0. The zero-order valence-corrected chi connectivity index (χ0v) is 55.3. The minimum Gasteiger partial charge on any atom is -0.344 e. The largest absolute Gasteiger partial charge is 0.344 e. The molecular weight excluding hydrogens is 1210 g/mol. The van der Waals surface area contributed by atoms with Gasteiger partial charge in [-0.3, -0.25) is 4.57 Å². The molecule has 0 amide bonds. The zero-order valence-electron chi connectivity index (χ0n) is 55.3. The lowest BCUT2D eigenvalue weighted by atomic mass is 9.85. The molecule has 0 saturated heterocycles. The molecule has 19 rings (SSSR count). The predicted octanol–water partition coefficient (Wildman–Crippen LogP) is 24.5. The van der Waals surface area contributed by atoms with E-state index >= 15 is 0 Å². The highest BCUT2D eigenvalue weighted by atomic mass is 15.1. The highest BCUT2D eigenvalue weighted by Crippen LogP contribution is 2.50. The Labute approximate surface area is 581 Å². The second-order valence-electron chi connectivity index (χ2n) is 25.6. The van der Waals surface area contributed by atoms with Crippen molar-refractivity contribution in [2.45, 2.75) is 19.3 Å². The topological polar surface area (TPSA) is 83.5 Å². The molecule has 3 aromatic heterocycles. The number of rotatable bonds is 11. The minimum absolute atomic E-state index is 0. The van der Waals surface area contributed by atoms with E-state index in [9.17, 15) is 0 Å². The number of hydrogen-bond acceptors (Lipinski definition) is 4. The maximum atomic E-state index is 5.35. The van der Waals surface area contributed by atoms with Gasteiger partial charge < -0.3 is 10.7 Å². The van der Waals surface area contributed by atoms with Gasteiger partial charge in [-0.25, -0.2) is 15.0 Å². The number of aromatic nitrogens is 5. The van der Waals surface area contributed by atoms with E-state index in [4.69, 9.17) is 15.0 Å². The fourth-order valence-electron chi connectivity index (χ4n) is 15.3. The van der Waals surface area contributed by atoms with Crippen molar-refractivity contribution < 1.29 is 0 Å². The first-order valence-electron chi connectivity index (χ1n) is 34.2. The molecule has 0 aliphatic heterocycles. The molecule has 0 radical (unpaired) electrons. The van der Waals surface area contributed by atoms with Crippen molar-refractivity contribution in [1.29, 1.82) is 0 Å². The molecule has 0 spiro atoms. The number of para-hydroxylation sites is 4. The second-order valence-corrected chi connectivity index (χ2v) is 25.6. The highest BCUT2D eigenvalue weighted by Gasteiger charge is 2.31. The third kappa shape index (κ3) is 10.8. The smallest absolute Gasteiger partial charge is 0.160 e. The third-order valence-corrected chi connectivity index (χ3v) is 19.9. The number of fused-ring (bicyclic) bond motifs is 9. The number of imidazole rings is 1. The van der Waals surface area contributed by atoms with Crippen LogP contribution >= 0.6 is 0 Å². The van der Waals surface area contributed by atoms with Gasteiger partial charge in [-0.05, 0) is 155 Å². The van der Waals surface area contributed by atoms with Gasteiger partial charge in [0.15, 0.2) is 5.82 Å².